The van der Waals surface area contributed by atoms with Crippen LogP contribution in [-0.4, -0.2) is 48.3 Å². The molecular formula is C26H24ClFN4O2. The van der Waals surface area contributed by atoms with Crippen molar-refractivity contribution in [2.75, 3.05) is 36.4 Å². The number of urea groups is 1. The van der Waals surface area contributed by atoms with Gasteiger partial charge in [-0.05, 0) is 60.0 Å². The van der Waals surface area contributed by atoms with Crippen molar-refractivity contribution in [3.63, 3.8) is 0 Å². The van der Waals surface area contributed by atoms with E-state index in [9.17, 15) is 14.3 Å². The number of anilines is 2. The largest absolute Gasteiger partial charge is 0.392 e. The molecule has 6 nitrogen and oxygen atoms in total. The van der Waals surface area contributed by atoms with Crippen LogP contribution in [0.25, 0.3) is 11.1 Å². The summed E-state index contributed by atoms with van der Waals surface area (Å²) in [7, 11) is 0. The minimum absolute atomic E-state index is 0.0700. The number of nitrogens with one attached hydrogen (secondary N) is 1. The Bertz CT molecular complexity index is 1210. The Morgan fingerprint density at radius 3 is 2.65 bits per heavy atom. The molecule has 3 aromatic rings. The fraction of sp³-hybridized carbons (Fsp3) is 0.231. The molecule has 0 aliphatic carbocycles. The Labute approximate surface area is 202 Å². The number of nitriles is 1. The van der Waals surface area contributed by atoms with Gasteiger partial charge < -0.3 is 10.4 Å². The SMILES string of the molecule is N#Cc1cccc(-c2ccc(N(CCN3CC[C@@H](O)C3)C(=O)Nc3ccc(F)c(Cl)c3)cc2)c1. The van der Waals surface area contributed by atoms with Gasteiger partial charge in [0.15, 0.2) is 0 Å². The lowest BCUT2D eigenvalue weighted by atomic mass is 10.0. The van der Waals surface area contributed by atoms with Crippen molar-refractivity contribution in [1.82, 2.24) is 4.90 Å². The van der Waals surface area contributed by atoms with Gasteiger partial charge in [0.1, 0.15) is 5.82 Å². The summed E-state index contributed by atoms with van der Waals surface area (Å²) in [5, 5.41) is 21.7. The first-order chi connectivity index (χ1) is 16.4. The second-order valence-electron chi connectivity index (χ2n) is 8.19. The molecule has 3 aromatic carbocycles. The second kappa shape index (κ2) is 10.7. The van der Waals surface area contributed by atoms with Crippen LogP contribution in [0, 0.1) is 17.1 Å². The van der Waals surface area contributed by atoms with E-state index in [1.54, 1.807) is 11.0 Å². The smallest absolute Gasteiger partial charge is 0.326 e. The van der Waals surface area contributed by atoms with Crippen molar-refractivity contribution >= 4 is 29.0 Å². The van der Waals surface area contributed by atoms with Gasteiger partial charge in [0.05, 0.1) is 22.8 Å². The fourth-order valence-corrected chi connectivity index (χ4v) is 4.15. The molecule has 0 bridgehead atoms. The van der Waals surface area contributed by atoms with E-state index in [1.165, 1.54) is 18.2 Å². The lowest BCUT2D eigenvalue weighted by Crippen LogP contribution is -2.40. The zero-order valence-electron chi connectivity index (χ0n) is 18.4. The number of likely N-dealkylation sites (tertiary alicyclic amines) is 1. The first-order valence-corrected chi connectivity index (χ1v) is 11.4. The van der Waals surface area contributed by atoms with Crippen molar-refractivity contribution in [3.05, 3.63) is 83.1 Å². The maximum Gasteiger partial charge on any atom is 0.326 e. The molecule has 174 valence electrons. The molecule has 0 aromatic heterocycles. The van der Waals surface area contributed by atoms with E-state index in [4.69, 9.17) is 16.9 Å². The lowest BCUT2D eigenvalue weighted by molar-refractivity contribution is 0.177. The summed E-state index contributed by atoms with van der Waals surface area (Å²) in [5.41, 5.74) is 3.49. The van der Waals surface area contributed by atoms with Gasteiger partial charge in [-0.15, -0.1) is 0 Å². The number of β-amino-alcohol motifs (C(OH)–C–C–N with tert-alkyl or cyclic N) is 1. The van der Waals surface area contributed by atoms with Gasteiger partial charge in [0, 0.05) is 37.6 Å². The number of hydrogen-bond donors (Lipinski definition) is 2. The van der Waals surface area contributed by atoms with Crippen molar-refractivity contribution in [2.24, 2.45) is 0 Å². The van der Waals surface area contributed by atoms with E-state index >= 15 is 0 Å². The van der Waals surface area contributed by atoms with Crippen LogP contribution in [0.3, 0.4) is 0 Å². The molecule has 1 saturated heterocycles. The standard InChI is InChI=1S/C26H24ClFN4O2/c27-24-15-21(6-9-25(24)28)30-26(34)32(13-12-31-11-10-23(33)17-31)22-7-4-19(5-8-22)20-3-1-2-18(14-20)16-29/h1-9,14-15,23,33H,10-13,17H2,(H,30,34)/t23-/m1/s1. The van der Waals surface area contributed by atoms with E-state index < -0.39 is 5.82 Å². The third-order valence-electron chi connectivity index (χ3n) is 5.81. The second-order valence-corrected chi connectivity index (χ2v) is 8.60. The van der Waals surface area contributed by atoms with Crippen LogP contribution in [0.15, 0.2) is 66.7 Å². The quantitative estimate of drug-likeness (QED) is 0.515. The number of benzene rings is 3. The summed E-state index contributed by atoms with van der Waals surface area (Å²) in [4.78, 5) is 16.9. The molecule has 34 heavy (non-hydrogen) atoms. The van der Waals surface area contributed by atoms with Gasteiger partial charge in [0.2, 0.25) is 0 Å². The minimum Gasteiger partial charge on any atom is -0.392 e. The Morgan fingerprint density at radius 2 is 1.97 bits per heavy atom. The van der Waals surface area contributed by atoms with Crippen LogP contribution in [0.5, 0.6) is 0 Å². The highest BCUT2D eigenvalue weighted by Gasteiger charge is 2.23. The molecule has 0 saturated carbocycles. The molecule has 8 heteroatoms. The maximum atomic E-state index is 13.5. The van der Waals surface area contributed by atoms with Crippen LogP contribution in [0.4, 0.5) is 20.6 Å². The molecule has 1 aliphatic heterocycles. The number of aliphatic hydroxyl groups is 1. The van der Waals surface area contributed by atoms with Crippen LogP contribution < -0.4 is 10.2 Å². The Kier molecular flexibility index (Phi) is 7.43. The number of amides is 2. The van der Waals surface area contributed by atoms with Crippen molar-refractivity contribution in [1.29, 1.82) is 5.26 Å². The summed E-state index contributed by atoms with van der Waals surface area (Å²) < 4.78 is 13.5. The number of halogens is 2. The van der Waals surface area contributed by atoms with Gasteiger partial charge >= 0.3 is 6.03 Å². The zero-order chi connectivity index (χ0) is 24.1. The van der Waals surface area contributed by atoms with E-state index in [0.29, 0.717) is 36.6 Å². The Morgan fingerprint density at radius 1 is 1.18 bits per heavy atom. The average molecular weight is 479 g/mol. The van der Waals surface area contributed by atoms with Crippen molar-refractivity contribution in [3.8, 4) is 17.2 Å². The van der Waals surface area contributed by atoms with Crippen molar-refractivity contribution < 1.29 is 14.3 Å². The normalized spacial score (nSPS) is 15.6. The highest BCUT2D eigenvalue weighted by atomic mass is 35.5. The summed E-state index contributed by atoms with van der Waals surface area (Å²) in [6, 6.07) is 20.6. The third kappa shape index (κ3) is 5.72. The molecular weight excluding hydrogens is 455 g/mol. The summed E-state index contributed by atoms with van der Waals surface area (Å²) in [6.07, 6.45) is 0.378. The molecule has 1 heterocycles. The summed E-state index contributed by atoms with van der Waals surface area (Å²) in [6.45, 7) is 2.35. The van der Waals surface area contributed by atoms with Crippen LogP contribution >= 0.6 is 11.6 Å². The van der Waals surface area contributed by atoms with Gasteiger partial charge in [0.25, 0.3) is 0 Å². The number of aliphatic hydroxyl groups excluding tert-OH is 1. The number of carbonyl (C=O) groups is 1. The predicted molar refractivity (Wildman–Crippen MR) is 131 cm³/mol. The van der Waals surface area contributed by atoms with Gasteiger partial charge in [-0.1, -0.05) is 35.9 Å². The molecule has 2 amide bonds. The molecule has 1 aliphatic rings. The average Bonchev–Trinajstić information content (AvgIpc) is 3.27. The van der Waals surface area contributed by atoms with Crippen LogP contribution in [0.1, 0.15) is 12.0 Å². The van der Waals surface area contributed by atoms with Gasteiger partial charge in [-0.25, -0.2) is 9.18 Å². The molecule has 0 unspecified atom stereocenters. The van der Waals surface area contributed by atoms with Gasteiger partial charge in [-0.3, -0.25) is 9.80 Å². The highest BCUT2D eigenvalue weighted by molar-refractivity contribution is 6.31. The number of hydrogen-bond acceptors (Lipinski definition) is 4. The summed E-state index contributed by atoms with van der Waals surface area (Å²) in [5.74, 6) is -0.555. The Hall–Kier alpha value is -3.44. The molecule has 1 fully saturated rings. The van der Waals surface area contributed by atoms with Crippen molar-refractivity contribution in [2.45, 2.75) is 12.5 Å². The van der Waals surface area contributed by atoms with E-state index in [-0.39, 0.29) is 17.2 Å². The molecule has 0 radical (unpaired) electrons. The first-order valence-electron chi connectivity index (χ1n) is 11.0. The predicted octanol–water partition coefficient (Wildman–Crippen LogP) is 5.12. The van der Waals surface area contributed by atoms with E-state index in [0.717, 1.165) is 24.1 Å². The number of carbonyl (C=O) groups excluding carboxylic acids is 1. The van der Waals surface area contributed by atoms with Gasteiger partial charge in [-0.2, -0.15) is 5.26 Å². The highest BCUT2D eigenvalue weighted by Crippen LogP contribution is 2.26. The monoisotopic (exact) mass is 478 g/mol. The zero-order valence-corrected chi connectivity index (χ0v) is 19.2. The molecule has 2 N–H and O–H groups in total. The van der Waals surface area contributed by atoms with E-state index in [1.807, 2.05) is 42.5 Å². The van der Waals surface area contributed by atoms with Crippen LogP contribution in [0.2, 0.25) is 5.02 Å². The lowest BCUT2D eigenvalue weighted by Gasteiger charge is -2.26. The minimum atomic E-state index is -0.555. The summed E-state index contributed by atoms with van der Waals surface area (Å²) >= 11 is 5.86. The number of rotatable bonds is 6. The fourth-order valence-electron chi connectivity index (χ4n) is 3.97. The number of nitrogens with zero attached hydrogens (tertiary/aromatic N) is 3. The third-order valence-corrected chi connectivity index (χ3v) is 6.10. The molecule has 0 spiro atoms. The molecule has 1 atom stereocenters. The molecule has 4 rings (SSSR count). The maximum absolute atomic E-state index is 13.5. The Balaban J connectivity index is 1.55. The van der Waals surface area contributed by atoms with Crippen LogP contribution in [-0.2, 0) is 0 Å². The van der Waals surface area contributed by atoms with E-state index in [2.05, 4.69) is 16.3 Å². The topological polar surface area (TPSA) is 79.6 Å². The first kappa shape index (κ1) is 23.7.